The van der Waals surface area contributed by atoms with Gasteiger partial charge in [0.15, 0.2) is 0 Å². The van der Waals surface area contributed by atoms with Gasteiger partial charge in [0.2, 0.25) is 0 Å². The van der Waals surface area contributed by atoms with Crippen molar-refractivity contribution in [3.63, 3.8) is 0 Å². The molecule has 1 aromatic heterocycles. The number of hydrogen-bond acceptors (Lipinski definition) is 1. The van der Waals surface area contributed by atoms with Crippen LogP contribution in [-0.2, 0) is 20.4 Å². The Kier molecular flexibility index (Phi) is 3.89. The number of nitrogens with zero attached hydrogens (tertiary/aromatic N) is 2. The fourth-order valence-electron chi connectivity index (χ4n) is 0.210. The number of aromatic nitrogens is 2. The summed E-state index contributed by atoms with van der Waals surface area (Å²) < 4.78 is 1.09. The maximum Gasteiger partial charge on any atom is 0.0155 e. The summed E-state index contributed by atoms with van der Waals surface area (Å²) in [5.74, 6) is 0. The molecule has 0 aromatic carbocycles. The molecule has 0 saturated carbocycles. The minimum Gasteiger partial charge on any atom is -0.581 e. The Morgan fingerprint density at radius 2 is 2.43 bits per heavy atom. The summed E-state index contributed by atoms with van der Waals surface area (Å²) in [7, 11) is 0. The Labute approximate surface area is 68.9 Å². The van der Waals surface area contributed by atoms with Gasteiger partial charge in [-0.1, -0.05) is 0 Å². The van der Waals surface area contributed by atoms with Crippen molar-refractivity contribution in [1.82, 2.24) is 10.2 Å². The molecule has 0 atom stereocenters. The molecule has 1 radical (unpaired) electrons. The predicted molar refractivity (Wildman–Crippen MR) is 30.3 cm³/mol. The van der Waals surface area contributed by atoms with Crippen molar-refractivity contribution in [2.45, 2.75) is 0 Å². The van der Waals surface area contributed by atoms with Crippen LogP contribution in [0.3, 0.4) is 0 Å². The zero-order valence-corrected chi connectivity index (χ0v) is 8.18. The summed E-state index contributed by atoms with van der Waals surface area (Å²) in [6.45, 7) is 0. The zero-order chi connectivity index (χ0) is 4.41. The molecule has 0 fully saturated rings. The van der Waals surface area contributed by atoms with Gasteiger partial charge in [0, 0.05) is 30.2 Å². The van der Waals surface area contributed by atoms with E-state index < -0.39 is 0 Å². The van der Waals surface area contributed by atoms with Gasteiger partial charge in [-0.3, -0.25) is 0 Å². The largest absolute Gasteiger partial charge is 0.581 e. The van der Waals surface area contributed by atoms with E-state index in [2.05, 4.69) is 32.8 Å². The van der Waals surface area contributed by atoms with Crippen LogP contribution in [-0.4, -0.2) is 5.10 Å². The molecule has 0 N–H and O–H groups in total. The van der Waals surface area contributed by atoms with E-state index in [1.165, 1.54) is 0 Å². The third kappa shape index (κ3) is 2.42. The Bertz CT molecular complexity index is 116. The van der Waals surface area contributed by atoms with Gasteiger partial charge in [0.25, 0.3) is 0 Å². The summed E-state index contributed by atoms with van der Waals surface area (Å²) in [6, 6.07) is 0. The molecule has 0 saturated heterocycles. The van der Waals surface area contributed by atoms with E-state index in [0.717, 1.165) is 3.57 Å². The van der Waals surface area contributed by atoms with Gasteiger partial charge < -0.3 is 10.2 Å². The Morgan fingerprint density at radius 3 is 2.57 bits per heavy atom. The molecule has 2 nitrogen and oxygen atoms in total. The number of halogens is 1. The van der Waals surface area contributed by atoms with E-state index in [1.54, 1.807) is 12.4 Å². The second-order valence-corrected chi connectivity index (χ2v) is 2.12. The summed E-state index contributed by atoms with van der Waals surface area (Å²) >= 11 is 2.15. The minimum absolute atomic E-state index is 0. The van der Waals surface area contributed by atoms with E-state index in [1.807, 2.05) is 0 Å². The van der Waals surface area contributed by atoms with Crippen LogP contribution in [0.25, 0.3) is 0 Å². The van der Waals surface area contributed by atoms with Crippen molar-refractivity contribution >= 4 is 22.6 Å². The summed E-state index contributed by atoms with van der Waals surface area (Å²) in [5.41, 5.74) is 0. The van der Waals surface area contributed by atoms with Crippen molar-refractivity contribution < 1.29 is 20.4 Å². The smallest absolute Gasteiger partial charge is 0.0155 e. The van der Waals surface area contributed by atoms with Crippen molar-refractivity contribution in [3.8, 4) is 0 Å². The molecule has 0 aliphatic rings. The van der Waals surface area contributed by atoms with Crippen molar-refractivity contribution in [2.75, 3.05) is 0 Å². The van der Waals surface area contributed by atoms with Crippen LogP contribution in [0, 0.1) is 3.57 Å². The van der Waals surface area contributed by atoms with E-state index in [0.29, 0.717) is 0 Å². The molecule has 4 heteroatoms. The van der Waals surface area contributed by atoms with Crippen molar-refractivity contribution in [1.29, 1.82) is 0 Å². The van der Waals surface area contributed by atoms with E-state index in [9.17, 15) is 0 Å². The Hall–Kier alpha value is 0.602. The SMILES string of the molecule is Ic1cn[n-]c1.[Re]. The van der Waals surface area contributed by atoms with Crippen LogP contribution < -0.4 is 5.10 Å². The van der Waals surface area contributed by atoms with Crippen LogP contribution in [0.4, 0.5) is 0 Å². The second-order valence-electron chi connectivity index (χ2n) is 0.874. The van der Waals surface area contributed by atoms with Crippen molar-refractivity contribution in [2.24, 2.45) is 0 Å². The average molecular weight is 379 g/mol. The fourth-order valence-corrected chi connectivity index (χ4v) is 0.459. The quantitative estimate of drug-likeness (QED) is 0.619. The van der Waals surface area contributed by atoms with E-state index >= 15 is 0 Å². The standard InChI is InChI=1S/C3H2IN2.Re/c4-3-1-5-6-2-3;/h1-2H;/q-1;. The van der Waals surface area contributed by atoms with Gasteiger partial charge in [-0.2, -0.15) is 0 Å². The predicted octanol–water partition coefficient (Wildman–Crippen LogP) is 0.641. The summed E-state index contributed by atoms with van der Waals surface area (Å²) in [5, 5.41) is 7.13. The van der Waals surface area contributed by atoms with Crippen LogP contribution >= 0.6 is 22.6 Å². The maximum absolute atomic E-state index is 3.56. The molecule has 0 amide bonds. The van der Waals surface area contributed by atoms with Crippen LogP contribution in [0.5, 0.6) is 0 Å². The summed E-state index contributed by atoms with van der Waals surface area (Å²) in [4.78, 5) is 0. The normalized spacial score (nSPS) is 7.57. The third-order valence-corrected chi connectivity index (χ3v) is 0.986. The van der Waals surface area contributed by atoms with E-state index in [-0.39, 0.29) is 20.4 Å². The van der Waals surface area contributed by atoms with Crippen LogP contribution in [0.2, 0.25) is 0 Å². The molecule has 1 aromatic rings. The van der Waals surface area contributed by atoms with Gasteiger partial charge in [-0.05, 0) is 22.6 Å². The minimum atomic E-state index is 0. The molecular weight excluding hydrogens is 377 g/mol. The topological polar surface area (TPSA) is 27.0 Å². The van der Waals surface area contributed by atoms with Crippen LogP contribution in [0.15, 0.2) is 12.4 Å². The van der Waals surface area contributed by atoms with Gasteiger partial charge in [0.1, 0.15) is 0 Å². The first kappa shape index (κ1) is 7.60. The molecule has 0 bridgehead atoms. The molecule has 39 valence electrons. The number of hydrogen-bond donors (Lipinski definition) is 0. The molecule has 0 aliphatic carbocycles. The molecule has 0 aliphatic heterocycles. The van der Waals surface area contributed by atoms with Gasteiger partial charge in [0.05, 0.1) is 0 Å². The average Bonchev–Trinajstić information content (AvgIpc) is 1.86. The van der Waals surface area contributed by atoms with Crippen LogP contribution in [0.1, 0.15) is 0 Å². The zero-order valence-electron chi connectivity index (χ0n) is 3.31. The molecule has 1 rings (SSSR count). The number of rotatable bonds is 0. The Balaban J connectivity index is 0.000000360. The third-order valence-electron chi connectivity index (χ3n) is 0.429. The second kappa shape index (κ2) is 3.59. The maximum atomic E-state index is 3.56. The molecule has 7 heavy (non-hydrogen) atoms. The molecule has 1 heterocycles. The fraction of sp³-hybridized carbons (Fsp3) is 0. The van der Waals surface area contributed by atoms with Gasteiger partial charge >= 0.3 is 0 Å². The van der Waals surface area contributed by atoms with E-state index in [4.69, 9.17) is 0 Å². The van der Waals surface area contributed by atoms with Gasteiger partial charge in [-0.15, -0.1) is 6.20 Å². The first-order valence-corrected chi connectivity index (χ1v) is 2.56. The summed E-state index contributed by atoms with van der Waals surface area (Å²) in [6.07, 6.45) is 3.42. The Morgan fingerprint density at radius 1 is 1.71 bits per heavy atom. The molecule has 0 spiro atoms. The van der Waals surface area contributed by atoms with Crippen molar-refractivity contribution in [3.05, 3.63) is 16.0 Å². The van der Waals surface area contributed by atoms with Gasteiger partial charge in [-0.25, -0.2) is 0 Å². The molecular formula is C3H2IN2Re-. The monoisotopic (exact) mass is 380 g/mol. The first-order chi connectivity index (χ1) is 2.89. The first-order valence-electron chi connectivity index (χ1n) is 1.48. The molecule has 0 unspecified atom stereocenters.